The second-order valence-corrected chi connectivity index (χ2v) is 4.55. The van der Waals surface area contributed by atoms with E-state index < -0.39 is 0 Å². The standard InChI is InChI=1S/C14H24N4O/c1-11-6-4-5-7-13(11)8-9-16-14(18-15)17-12(2)10-19-3/h4-7,12H,8-10,15H2,1-3H3,(H2,16,17,18). The summed E-state index contributed by atoms with van der Waals surface area (Å²) in [5.74, 6) is 6.04. The van der Waals surface area contributed by atoms with E-state index in [4.69, 9.17) is 10.6 Å². The summed E-state index contributed by atoms with van der Waals surface area (Å²) in [6.45, 7) is 5.42. The van der Waals surface area contributed by atoms with Crippen LogP contribution in [0.3, 0.4) is 0 Å². The molecule has 1 unspecified atom stereocenters. The van der Waals surface area contributed by atoms with Gasteiger partial charge in [0, 0.05) is 19.7 Å². The fourth-order valence-electron chi connectivity index (χ4n) is 1.84. The molecule has 0 aliphatic heterocycles. The quantitative estimate of drug-likeness (QED) is 0.310. The van der Waals surface area contributed by atoms with Crippen molar-refractivity contribution in [3.63, 3.8) is 0 Å². The zero-order valence-electron chi connectivity index (χ0n) is 11.9. The maximum atomic E-state index is 5.44. The number of guanidine groups is 1. The number of aliphatic imine (C=N–C) groups is 1. The van der Waals surface area contributed by atoms with Gasteiger partial charge in [0.2, 0.25) is 5.96 Å². The fourth-order valence-corrected chi connectivity index (χ4v) is 1.84. The molecule has 0 aliphatic rings. The summed E-state index contributed by atoms with van der Waals surface area (Å²) < 4.78 is 5.05. The van der Waals surface area contributed by atoms with Gasteiger partial charge in [-0.3, -0.25) is 10.4 Å². The van der Waals surface area contributed by atoms with Gasteiger partial charge >= 0.3 is 0 Å². The molecule has 1 aromatic rings. The first-order valence-corrected chi connectivity index (χ1v) is 6.48. The maximum Gasteiger partial charge on any atom is 0.206 e. The molecule has 0 amide bonds. The van der Waals surface area contributed by atoms with Gasteiger partial charge in [0.05, 0.1) is 6.61 Å². The van der Waals surface area contributed by atoms with Gasteiger partial charge in [0.15, 0.2) is 0 Å². The molecule has 0 bridgehead atoms. The monoisotopic (exact) mass is 264 g/mol. The lowest BCUT2D eigenvalue weighted by atomic mass is 10.1. The van der Waals surface area contributed by atoms with E-state index in [1.54, 1.807) is 7.11 Å². The zero-order chi connectivity index (χ0) is 14.1. The van der Waals surface area contributed by atoms with E-state index in [1.165, 1.54) is 11.1 Å². The predicted octanol–water partition coefficient (Wildman–Crippen LogP) is 0.981. The van der Waals surface area contributed by atoms with Crippen molar-refractivity contribution < 1.29 is 4.74 Å². The Hall–Kier alpha value is -1.59. The number of aryl methyl sites for hydroxylation is 1. The first-order valence-electron chi connectivity index (χ1n) is 6.48. The van der Waals surface area contributed by atoms with Gasteiger partial charge in [-0.05, 0) is 31.4 Å². The number of ether oxygens (including phenoxy) is 1. The van der Waals surface area contributed by atoms with Crippen molar-refractivity contribution in [1.82, 2.24) is 10.7 Å². The first-order chi connectivity index (χ1) is 9.17. The molecule has 0 saturated carbocycles. The molecule has 0 spiro atoms. The van der Waals surface area contributed by atoms with E-state index >= 15 is 0 Å². The summed E-state index contributed by atoms with van der Waals surface area (Å²) in [6, 6.07) is 8.50. The molecule has 19 heavy (non-hydrogen) atoms. The zero-order valence-corrected chi connectivity index (χ0v) is 11.9. The van der Waals surface area contributed by atoms with Crippen LogP contribution < -0.4 is 16.6 Å². The summed E-state index contributed by atoms with van der Waals surface area (Å²) in [7, 11) is 1.67. The number of nitrogens with two attached hydrogens (primary N) is 1. The molecule has 0 fully saturated rings. The molecule has 0 aliphatic carbocycles. The molecule has 5 heteroatoms. The van der Waals surface area contributed by atoms with Crippen molar-refractivity contribution in [2.75, 3.05) is 20.3 Å². The predicted molar refractivity (Wildman–Crippen MR) is 79.0 cm³/mol. The van der Waals surface area contributed by atoms with Crippen molar-refractivity contribution in [1.29, 1.82) is 0 Å². The Kier molecular flexibility index (Phi) is 6.92. The minimum atomic E-state index is 0.165. The van der Waals surface area contributed by atoms with Crippen molar-refractivity contribution in [2.45, 2.75) is 26.3 Å². The van der Waals surface area contributed by atoms with Crippen molar-refractivity contribution >= 4 is 5.96 Å². The molecular weight excluding hydrogens is 240 g/mol. The van der Waals surface area contributed by atoms with E-state index in [0.717, 1.165) is 6.42 Å². The third kappa shape index (κ3) is 5.72. The van der Waals surface area contributed by atoms with Gasteiger partial charge in [-0.15, -0.1) is 0 Å². The van der Waals surface area contributed by atoms with Gasteiger partial charge in [-0.2, -0.15) is 0 Å². The van der Waals surface area contributed by atoms with Crippen LogP contribution in [0.4, 0.5) is 0 Å². The molecule has 4 N–H and O–H groups in total. The van der Waals surface area contributed by atoms with Gasteiger partial charge < -0.3 is 10.1 Å². The van der Waals surface area contributed by atoms with Crippen LogP contribution in [0.1, 0.15) is 18.1 Å². The lowest BCUT2D eigenvalue weighted by Crippen LogP contribution is -2.47. The van der Waals surface area contributed by atoms with Gasteiger partial charge in [0.25, 0.3) is 0 Å². The highest BCUT2D eigenvalue weighted by molar-refractivity contribution is 5.79. The molecule has 0 aromatic heterocycles. The smallest absolute Gasteiger partial charge is 0.206 e. The highest BCUT2D eigenvalue weighted by Crippen LogP contribution is 2.07. The van der Waals surface area contributed by atoms with Crippen LogP contribution in [0, 0.1) is 6.92 Å². The SMILES string of the molecule is COCC(C)NC(=NCCc1ccccc1C)NN. The second-order valence-electron chi connectivity index (χ2n) is 4.55. The summed E-state index contributed by atoms with van der Waals surface area (Å²) in [4.78, 5) is 4.41. The third-order valence-electron chi connectivity index (χ3n) is 2.85. The summed E-state index contributed by atoms with van der Waals surface area (Å²) >= 11 is 0. The number of methoxy groups -OCH3 is 1. The average Bonchev–Trinajstić information content (AvgIpc) is 2.40. The van der Waals surface area contributed by atoms with Crippen LogP contribution in [-0.2, 0) is 11.2 Å². The highest BCUT2D eigenvalue weighted by atomic mass is 16.5. The van der Waals surface area contributed by atoms with Gasteiger partial charge in [-0.1, -0.05) is 24.3 Å². The molecule has 0 heterocycles. The lowest BCUT2D eigenvalue weighted by Gasteiger charge is -2.15. The Morgan fingerprint density at radius 1 is 1.42 bits per heavy atom. The second kappa shape index (κ2) is 8.50. The minimum absolute atomic E-state index is 0.165. The Morgan fingerprint density at radius 3 is 2.79 bits per heavy atom. The highest BCUT2D eigenvalue weighted by Gasteiger charge is 2.03. The van der Waals surface area contributed by atoms with E-state index in [0.29, 0.717) is 19.1 Å². The topological polar surface area (TPSA) is 71.7 Å². The van der Waals surface area contributed by atoms with Crippen LogP contribution in [0.5, 0.6) is 0 Å². The van der Waals surface area contributed by atoms with Crippen LogP contribution in [0.15, 0.2) is 29.3 Å². The fraction of sp³-hybridized carbons (Fsp3) is 0.500. The Balaban J connectivity index is 2.47. The number of nitrogens with zero attached hydrogens (tertiary/aromatic N) is 1. The van der Waals surface area contributed by atoms with Crippen molar-refractivity contribution in [2.24, 2.45) is 10.8 Å². The van der Waals surface area contributed by atoms with Crippen molar-refractivity contribution in [3.8, 4) is 0 Å². The van der Waals surface area contributed by atoms with E-state index in [-0.39, 0.29) is 6.04 Å². The Morgan fingerprint density at radius 2 is 2.16 bits per heavy atom. The van der Waals surface area contributed by atoms with Gasteiger partial charge in [-0.25, -0.2) is 5.84 Å². The summed E-state index contributed by atoms with van der Waals surface area (Å²) in [5.41, 5.74) is 5.18. The first kappa shape index (κ1) is 15.5. The average molecular weight is 264 g/mol. The summed E-state index contributed by atoms with van der Waals surface area (Å²) in [6.07, 6.45) is 0.901. The Labute approximate surface area is 115 Å². The van der Waals surface area contributed by atoms with Crippen LogP contribution in [0.2, 0.25) is 0 Å². The van der Waals surface area contributed by atoms with Gasteiger partial charge in [0.1, 0.15) is 0 Å². The van der Waals surface area contributed by atoms with E-state index in [1.807, 2.05) is 19.1 Å². The largest absolute Gasteiger partial charge is 0.383 e. The number of nitrogens with one attached hydrogen (secondary N) is 2. The van der Waals surface area contributed by atoms with Crippen molar-refractivity contribution in [3.05, 3.63) is 35.4 Å². The molecule has 0 radical (unpaired) electrons. The molecule has 1 aromatic carbocycles. The molecule has 106 valence electrons. The summed E-state index contributed by atoms with van der Waals surface area (Å²) in [5, 5.41) is 3.16. The molecule has 5 nitrogen and oxygen atoms in total. The maximum absolute atomic E-state index is 5.44. The molecule has 1 atom stereocenters. The molecular formula is C14H24N4O. The molecule has 1 rings (SSSR count). The normalized spacial score (nSPS) is 13.2. The number of hydrogen-bond acceptors (Lipinski definition) is 3. The minimum Gasteiger partial charge on any atom is -0.383 e. The number of hydrazine groups is 1. The third-order valence-corrected chi connectivity index (χ3v) is 2.85. The van der Waals surface area contributed by atoms with Crippen LogP contribution in [-0.4, -0.2) is 32.3 Å². The van der Waals surface area contributed by atoms with Crippen LogP contribution >= 0.6 is 0 Å². The number of benzene rings is 1. The van der Waals surface area contributed by atoms with E-state index in [2.05, 4.69) is 34.8 Å². The Bertz CT molecular complexity index is 406. The van der Waals surface area contributed by atoms with E-state index in [9.17, 15) is 0 Å². The van der Waals surface area contributed by atoms with Crippen LogP contribution in [0.25, 0.3) is 0 Å². The lowest BCUT2D eigenvalue weighted by molar-refractivity contribution is 0.179. The number of hydrogen-bond donors (Lipinski definition) is 3. The molecule has 0 saturated heterocycles. The number of rotatable bonds is 6.